The summed E-state index contributed by atoms with van der Waals surface area (Å²) in [6, 6.07) is 2.42. The summed E-state index contributed by atoms with van der Waals surface area (Å²) in [6.45, 7) is 0. The second-order valence-corrected chi connectivity index (χ2v) is 6.74. The first-order valence-electron chi connectivity index (χ1n) is 7.11. The molecule has 3 nitrogen and oxygen atoms in total. The van der Waals surface area contributed by atoms with Crippen LogP contribution in [0.1, 0.15) is 44.9 Å². The Hall–Kier alpha value is -1.04. The van der Waals surface area contributed by atoms with E-state index in [0.29, 0.717) is 6.42 Å². The van der Waals surface area contributed by atoms with Gasteiger partial charge in [0.1, 0.15) is 0 Å². The van der Waals surface area contributed by atoms with Crippen molar-refractivity contribution < 1.29 is 9.53 Å². The van der Waals surface area contributed by atoms with Gasteiger partial charge in [-0.25, -0.2) is 0 Å². The average Bonchev–Trinajstić information content (AvgIpc) is 2.33. The van der Waals surface area contributed by atoms with Crippen LogP contribution in [0.3, 0.4) is 0 Å². The Morgan fingerprint density at radius 1 is 1.28 bits per heavy atom. The number of methoxy groups -OCH3 is 1. The first kappa shape index (κ1) is 12.0. The molecule has 18 heavy (non-hydrogen) atoms. The fraction of sp³-hybridized carbons (Fsp3) is 0.867. The molecule has 98 valence electrons. The van der Waals surface area contributed by atoms with Gasteiger partial charge < -0.3 is 4.74 Å². The van der Waals surface area contributed by atoms with Gasteiger partial charge in [0, 0.05) is 0 Å². The average molecular weight is 247 g/mol. The molecule has 4 bridgehead atoms. The Labute approximate surface area is 108 Å². The van der Waals surface area contributed by atoms with E-state index in [0.717, 1.165) is 17.8 Å². The first-order chi connectivity index (χ1) is 8.65. The topological polar surface area (TPSA) is 50.1 Å². The van der Waals surface area contributed by atoms with Crippen LogP contribution in [0.2, 0.25) is 0 Å². The molecule has 0 radical (unpaired) electrons. The Balaban J connectivity index is 1.81. The van der Waals surface area contributed by atoms with E-state index < -0.39 is 0 Å². The SMILES string of the molecule is COC(=O)CC(C#N)C12CC3CC(CC(C3)C1)C2. The molecular weight excluding hydrogens is 226 g/mol. The van der Waals surface area contributed by atoms with Crippen molar-refractivity contribution in [2.75, 3.05) is 7.11 Å². The van der Waals surface area contributed by atoms with Crippen molar-refractivity contribution >= 4 is 5.97 Å². The molecule has 4 aliphatic rings. The Bertz CT molecular complexity index is 361. The molecule has 3 heteroatoms. The maximum Gasteiger partial charge on any atom is 0.306 e. The van der Waals surface area contributed by atoms with E-state index in [1.54, 1.807) is 0 Å². The predicted molar refractivity (Wildman–Crippen MR) is 66.3 cm³/mol. The number of hydrogen-bond acceptors (Lipinski definition) is 3. The van der Waals surface area contributed by atoms with E-state index in [1.165, 1.54) is 45.6 Å². The van der Waals surface area contributed by atoms with Crippen LogP contribution in [0.15, 0.2) is 0 Å². The van der Waals surface area contributed by atoms with Crippen LogP contribution in [0.25, 0.3) is 0 Å². The van der Waals surface area contributed by atoms with Crippen LogP contribution < -0.4 is 0 Å². The van der Waals surface area contributed by atoms with Crippen molar-refractivity contribution in [3.63, 3.8) is 0 Å². The lowest BCUT2D eigenvalue weighted by Crippen LogP contribution is -2.49. The lowest BCUT2D eigenvalue weighted by molar-refractivity contribution is -0.145. The Kier molecular flexibility index (Phi) is 2.84. The highest BCUT2D eigenvalue weighted by Crippen LogP contribution is 2.63. The zero-order valence-corrected chi connectivity index (χ0v) is 11.0. The Morgan fingerprint density at radius 2 is 1.78 bits per heavy atom. The summed E-state index contributed by atoms with van der Waals surface area (Å²) in [7, 11) is 1.41. The van der Waals surface area contributed by atoms with Gasteiger partial charge in [0.2, 0.25) is 0 Å². The third kappa shape index (κ3) is 1.83. The van der Waals surface area contributed by atoms with E-state index in [4.69, 9.17) is 4.74 Å². The standard InChI is InChI=1S/C15H21NO2/c1-18-14(17)5-13(9-16)15-6-10-2-11(7-15)4-12(3-10)8-15/h10-13H,2-8H2,1H3. The summed E-state index contributed by atoms with van der Waals surface area (Å²) in [5.74, 6) is 2.12. The lowest BCUT2D eigenvalue weighted by atomic mass is 9.46. The van der Waals surface area contributed by atoms with E-state index >= 15 is 0 Å². The number of ether oxygens (including phenoxy) is 1. The van der Waals surface area contributed by atoms with E-state index in [9.17, 15) is 10.1 Å². The molecule has 0 N–H and O–H groups in total. The molecule has 0 heterocycles. The monoisotopic (exact) mass is 247 g/mol. The quantitative estimate of drug-likeness (QED) is 0.720. The number of nitrogens with zero attached hydrogens (tertiary/aromatic N) is 1. The van der Waals surface area contributed by atoms with Crippen molar-refractivity contribution in [2.24, 2.45) is 29.1 Å². The van der Waals surface area contributed by atoms with Crippen molar-refractivity contribution in [1.29, 1.82) is 5.26 Å². The maximum absolute atomic E-state index is 11.5. The molecule has 0 amide bonds. The highest BCUT2D eigenvalue weighted by atomic mass is 16.5. The summed E-state index contributed by atoms with van der Waals surface area (Å²) in [6.07, 6.45) is 7.93. The van der Waals surface area contributed by atoms with Crippen LogP contribution in [0.5, 0.6) is 0 Å². The molecule has 4 saturated carbocycles. The summed E-state index contributed by atoms with van der Waals surface area (Å²) >= 11 is 0. The van der Waals surface area contributed by atoms with Crippen LogP contribution in [-0.4, -0.2) is 13.1 Å². The molecule has 0 spiro atoms. The number of carbonyl (C=O) groups excluding carboxylic acids is 1. The molecule has 0 saturated heterocycles. The predicted octanol–water partition coefficient (Wildman–Crippen LogP) is 2.91. The molecule has 1 atom stereocenters. The molecule has 0 aromatic carbocycles. The summed E-state index contributed by atoms with van der Waals surface area (Å²) < 4.78 is 4.76. The van der Waals surface area contributed by atoms with Gasteiger partial charge in [0.05, 0.1) is 25.5 Å². The second kappa shape index (κ2) is 4.26. The summed E-state index contributed by atoms with van der Waals surface area (Å²) in [4.78, 5) is 11.5. The molecule has 1 unspecified atom stereocenters. The molecule has 0 aromatic rings. The normalized spacial score (nSPS) is 42.3. The minimum atomic E-state index is -0.225. The number of hydrogen-bond donors (Lipinski definition) is 0. The summed E-state index contributed by atoms with van der Waals surface area (Å²) in [5.41, 5.74) is 0.137. The fourth-order valence-corrected chi connectivity index (χ4v) is 5.25. The van der Waals surface area contributed by atoms with Gasteiger partial charge >= 0.3 is 5.97 Å². The smallest absolute Gasteiger partial charge is 0.306 e. The largest absolute Gasteiger partial charge is 0.469 e. The van der Waals surface area contributed by atoms with Gasteiger partial charge in [0.25, 0.3) is 0 Å². The van der Waals surface area contributed by atoms with Crippen molar-refractivity contribution in [3.8, 4) is 6.07 Å². The number of rotatable bonds is 3. The van der Waals surface area contributed by atoms with Gasteiger partial charge in [-0.3, -0.25) is 4.79 Å². The van der Waals surface area contributed by atoms with E-state index in [1.807, 2.05) is 0 Å². The molecule has 4 fully saturated rings. The van der Waals surface area contributed by atoms with Crippen LogP contribution in [-0.2, 0) is 9.53 Å². The molecule has 4 aliphatic carbocycles. The second-order valence-electron chi connectivity index (χ2n) is 6.74. The van der Waals surface area contributed by atoms with E-state index in [-0.39, 0.29) is 17.3 Å². The number of carbonyl (C=O) groups is 1. The summed E-state index contributed by atoms with van der Waals surface area (Å²) in [5, 5.41) is 9.47. The minimum absolute atomic E-state index is 0.127. The third-order valence-corrected chi connectivity index (χ3v) is 5.58. The molecule has 0 aromatic heterocycles. The van der Waals surface area contributed by atoms with Crippen molar-refractivity contribution in [1.82, 2.24) is 0 Å². The molecule has 0 aliphatic heterocycles. The van der Waals surface area contributed by atoms with E-state index in [2.05, 4.69) is 6.07 Å². The van der Waals surface area contributed by atoms with Gasteiger partial charge in [-0.1, -0.05) is 0 Å². The highest BCUT2D eigenvalue weighted by Gasteiger charge is 2.54. The minimum Gasteiger partial charge on any atom is -0.469 e. The molecule has 4 rings (SSSR count). The van der Waals surface area contributed by atoms with Gasteiger partial charge in [-0.15, -0.1) is 0 Å². The third-order valence-electron chi connectivity index (χ3n) is 5.58. The Morgan fingerprint density at radius 3 is 2.17 bits per heavy atom. The zero-order valence-electron chi connectivity index (χ0n) is 11.0. The van der Waals surface area contributed by atoms with Crippen LogP contribution in [0, 0.1) is 40.4 Å². The number of nitriles is 1. The van der Waals surface area contributed by atoms with Crippen LogP contribution >= 0.6 is 0 Å². The van der Waals surface area contributed by atoms with Crippen LogP contribution in [0.4, 0.5) is 0 Å². The zero-order chi connectivity index (χ0) is 12.8. The lowest BCUT2D eigenvalue weighted by Gasteiger charge is -2.58. The number of esters is 1. The van der Waals surface area contributed by atoms with Gasteiger partial charge in [-0.05, 0) is 61.7 Å². The van der Waals surface area contributed by atoms with Gasteiger partial charge in [-0.2, -0.15) is 5.26 Å². The molecular formula is C15H21NO2. The first-order valence-corrected chi connectivity index (χ1v) is 7.11. The van der Waals surface area contributed by atoms with Crippen molar-refractivity contribution in [3.05, 3.63) is 0 Å². The highest BCUT2D eigenvalue weighted by molar-refractivity contribution is 5.70. The maximum atomic E-state index is 11.5. The fourth-order valence-electron chi connectivity index (χ4n) is 5.25. The van der Waals surface area contributed by atoms with Crippen molar-refractivity contribution in [2.45, 2.75) is 44.9 Å². The van der Waals surface area contributed by atoms with Gasteiger partial charge in [0.15, 0.2) is 0 Å².